The smallest absolute Gasteiger partial charge is 0.255 e. The zero-order valence-electron chi connectivity index (χ0n) is 12.5. The number of hydrogen-bond donors (Lipinski definition) is 1. The molecule has 25 heavy (non-hydrogen) atoms. The number of thiazole rings is 1. The number of benzene rings is 2. The molecule has 1 heterocycles. The van der Waals surface area contributed by atoms with E-state index in [9.17, 15) is 17.2 Å². The molecule has 0 radical (unpaired) electrons. The first-order valence-electron chi connectivity index (χ1n) is 7.00. The summed E-state index contributed by atoms with van der Waals surface area (Å²) in [5, 5.41) is 0.485. The van der Waals surface area contributed by atoms with Crippen molar-refractivity contribution >= 4 is 38.1 Å². The van der Waals surface area contributed by atoms with Gasteiger partial charge in [-0.1, -0.05) is 23.7 Å². The number of aromatic nitrogens is 1. The van der Waals surface area contributed by atoms with E-state index in [2.05, 4.69) is 9.71 Å². The van der Waals surface area contributed by atoms with Gasteiger partial charge in [-0.25, -0.2) is 22.2 Å². The van der Waals surface area contributed by atoms with Crippen molar-refractivity contribution in [2.45, 2.75) is 11.3 Å². The first-order chi connectivity index (χ1) is 11.8. The molecule has 0 unspecified atom stereocenters. The third-order valence-electron chi connectivity index (χ3n) is 3.24. The Labute approximate surface area is 152 Å². The Morgan fingerprint density at radius 1 is 1.12 bits per heavy atom. The van der Waals surface area contributed by atoms with Crippen LogP contribution < -0.4 is 4.72 Å². The van der Waals surface area contributed by atoms with Gasteiger partial charge in [0, 0.05) is 22.5 Å². The van der Waals surface area contributed by atoms with Gasteiger partial charge in [-0.05, 0) is 35.9 Å². The van der Waals surface area contributed by atoms with E-state index < -0.39 is 21.7 Å². The minimum absolute atomic E-state index is 0.0253. The lowest BCUT2D eigenvalue weighted by Gasteiger charge is -2.05. The summed E-state index contributed by atoms with van der Waals surface area (Å²) in [5.41, 5.74) is 0.562. The number of nitrogens with zero attached hydrogens (tertiary/aromatic N) is 1. The second kappa shape index (κ2) is 7.07. The lowest BCUT2D eigenvalue weighted by atomic mass is 10.1. The molecule has 130 valence electrons. The van der Waals surface area contributed by atoms with Crippen LogP contribution in [-0.4, -0.2) is 13.4 Å². The number of halogens is 3. The fraction of sp³-hybridized carbons (Fsp3) is 0.0625. The van der Waals surface area contributed by atoms with Gasteiger partial charge in [0.1, 0.15) is 0 Å². The fourth-order valence-corrected chi connectivity index (χ4v) is 4.48. The van der Waals surface area contributed by atoms with E-state index in [-0.39, 0.29) is 10.0 Å². The number of hydrogen-bond acceptors (Lipinski definition) is 4. The van der Waals surface area contributed by atoms with E-state index in [1.165, 1.54) is 30.5 Å². The van der Waals surface area contributed by atoms with Crippen molar-refractivity contribution in [3.63, 3.8) is 0 Å². The summed E-state index contributed by atoms with van der Waals surface area (Å²) in [6, 6.07) is 9.48. The third kappa shape index (κ3) is 4.33. The normalized spacial score (nSPS) is 11.5. The zero-order valence-corrected chi connectivity index (χ0v) is 14.9. The van der Waals surface area contributed by atoms with Crippen LogP contribution in [0, 0.1) is 11.6 Å². The maximum atomic E-state index is 13.2. The lowest BCUT2D eigenvalue weighted by molar-refractivity contribution is 0.507. The lowest BCUT2D eigenvalue weighted by Crippen LogP contribution is -2.12. The summed E-state index contributed by atoms with van der Waals surface area (Å²) in [6.45, 7) is 0. The molecule has 0 saturated carbocycles. The van der Waals surface area contributed by atoms with Crippen LogP contribution in [0.4, 0.5) is 13.9 Å². The van der Waals surface area contributed by atoms with Crippen molar-refractivity contribution in [3.8, 4) is 0 Å². The molecule has 1 aromatic heterocycles. The summed E-state index contributed by atoms with van der Waals surface area (Å²) in [5.74, 6) is -1.84. The Balaban J connectivity index is 1.76. The van der Waals surface area contributed by atoms with E-state index in [0.29, 0.717) is 21.9 Å². The maximum Gasteiger partial charge on any atom is 0.263 e. The van der Waals surface area contributed by atoms with Crippen molar-refractivity contribution in [2.24, 2.45) is 0 Å². The Hall–Kier alpha value is -2.03. The predicted molar refractivity (Wildman–Crippen MR) is 93.5 cm³/mol. The molecule has 1 N–H and O–H groups in total. The molecule has 3 rings (SSSR count). The van der Waals surface area contributed by atoms with Crippen LogP contribution >= 0.6 is 22.9 Å². The van der Waals surface area contributed by atoms with Crippen LogP contribution in [0.15, 0.2) is 53.6 Å². The first kappa shape index (κ1) is 17.8. The molecule has 3 aromatic rings. The molecule has 0 atom stereocenters. The molecular weight excluding hydrogens is 390 g/mol. The third-order valence-corrected chi connectivity index (χ3v) is 5.86. The van der Waals surface area contributed by atoms with Gasteiger partial charge in [0.25, 0.3) is 10.0 Å². The largest absolute Gasteiger partial charge is 0.263 e. The second-order valence-corrected chi connectivity index (χ2v) is 8.35. The van der Waals surface area contributed by atoms with Crippen LogP contribution in [0.5, 0.6) is 0 Å². The summed E-state index contributed by atoms with van der Waals surface area (Å²) in [4.78, 5) is 4.74. The summed E-state index contributed by atoms with van der Waals surface area (Å²) in [6.07, 6.45) is 1.80. The number of anilines is 1. The second-order valence-electron chi connectivity index (χ2n) is 5.12. The highest BCUT2D eigenvalue weighted by atomic mass is 35.5. The molecule has 0 spiro atoms. The van der Waals surface area contributed by atoms with Crippen molar-refractivity contribution in [1.82, 2.24) is 4.98 Å². The molecule has 0 saturated heterocycles. The monoisotopic (exact) mass is 400 g/mol. The summed E-state index contributed by atoms with van der Waals surface area (Å²) in [7, 11) is -3.80. The van der Waals surface area contributed by atoms with Crippen LogP contribution in [0.25, 0.3) is 0 Å². The van der Waals surface area contributed by atoms with E-state index >= 15 is 0 Å². The Morgan fingerprint density at radius 3 is 2.64 bits per heavy atom. The predicted octanol–water partition coefficient (Wildman–Crippen LogP) is 4.47. The Bertz CT molecular complexity index is 1020. The molecule has 2 aromatic carbocycles. The van der Waals surface area contributed by atoms with Gasteiger partial charge < -0.3 is 0 Å². The van der Waals surface area contributed by atoms with Crippen molar-refractivity contribution in [1.29, 1.82) is 0 Å². The molecule has 0 aliphatic carbocycles. The van der Waals surface area contributed by atoms with Gasteiger partial charge in [-0.15, -0.1) is 11.3 Å². The van der Waals surface area contributed by atoms with Crippen LogP contribution in [0.2, 0.25) is 5.02 Å². The van der Waals surface area contributed by atoms with Gasteiger partial charge in [0.05, 0.1) is 4.90 Å². The van der Waals surface area contributed by atoms with Gasteiger partial charge in [-0.2, -0.15) is 0 Å². The molecule has 9 heteroatoms. The first-order valence-corrected chi connectivity index (χ1v) is 9.68. The zero-order chi connectivity index (χ0) is 18.0. The standard InChI is InChI=1S/C16H11ClF2N2O2S2/c17-11-2-1-3-13(8-11)25(22,23)21-16-20-9-12(24-16)6-10-4-5-14(18)15(19)7-10/h1-5,7-9H,6H2,(H,20,21). The minimum Gasteiger partial charge on any atom is -0.255 e. The maximum absolute atomic E-state index is 13.2. The number of rotatable bonds is 5. The van der Waals surface area contributed by atoms with Crippen LogP contribution in [0.3, 0.4) is 0 Å². The molecule has 0 aliphatic heterocycles. The molecule has 0 fully saturated rings. The summed E-state index contributed by atoms with van der Waals surface area (Å²) < 4.78 is 53.2. The van der Waals surface area contributed by atoms with E-state index in [1.54, 1.807) is 6.07 Å². The molecule has 4 nitrogen and oxygen atoms in total. The average Bonchev–Trinajstić information content (AvgIpc) is 2.97. The number of nitrogens with one attached hydrogen (secondary N) is 1. The van der Waals surface area contributed by atoms with Crippen molar-refractivity contribution in [2.75, 3.05) is 4.72 Å². The molecule has 0 amide bonds. The van der Waals surface area contributed by atoms with Gasteiger partial charge in [0.2, 0.25) is 0 Å². The minimum atomic E-state index is -3.80. The van der Waals surface area contributed by atoms with Gasteiger partial charge >= 0.3 is 0 Å². The van der Waals surface area contributed by atoms with E-state index in [0.717, 1.165) is 23.5 Å². The Morgan fingerprint density at radius 2 is 1.92 bits per heavy atom. The SMILES string of the molecule is O=S(=O)(Nc1ncc(Cc2ccc(F)c(F)c2)s1)c1cccc(Cl)c1. The molecule has 0 bridgehead atoms. The molecular formula is C16H11ClF2N2O2S2. The topological polar surface area (TPSA) is 59.1 Å². The van der Waals surface area contributed by atoms with Crippen molar-refractivity contribution < 1.29 is 17.2 Å². The van der Waals surface area contributed by atoms with E-state index in [1.807, 2.05) is 0 Å². The average molecular weight is 401 g/mol. The quantitative estimate of drug-likeness (QED) is 0.687. The van der Waals surface area contributed by atoms with E-state index in [4.69, 9.17) is 11.6 Å². The van der Waals surface area contributed by atoms with Crippen LogP contribution in [-0.2, 0) is 16.4 Å². The highest BCUT2D eigenvalue weighted by Gasteiger charge is 2.16. The molecule has 0 aliphatic rings. The van der Waals surface area contributed by atoms with Gasteiger partial charge in [-0.3, -0.25) is 4.72 Å². The highest BCUT2D eigenvalue weighted by Crippen LogP contribution is 2.25. The number of sulfonamides is 1. The Kier molecular flexibility index (Phi) is 5.03. The highest BCUT2D eigenvalue weighted by molar-refractivity contribution is 7.93. The fourth-order valence-electron chi connectivity index (χ4n) is 2.10. The summed E-state index contributed by atoms with van der Waals surface area (Å²) >= 11 is 6.92. The van der Waals surface area contributed by atoms with Gasteiger partial charge in [0.15, 0.2) is 16.8 Å². The van der Waals surface area contributed by atoms with Crippen LogP contribution in [0.1, 0.15) is 10.4 Å². The van der Waals surface area contributed by atoms with Crippen molar-refractivity contribution in [3.05, 3.63) is 75.8 Å².